The zero-order chi connectivity index (χ0) is 9.98. The van der Waals surface area contributed by atoms with Crippen LogP contribution in [0.15, 0.2) is 36.5 Å². The van der Waals surface area contributed by atoms with Crippen LogP contribution in [0.5, 0.6) is 0 Å². The third kappa shape index (κ3) is 7.26. The summed E-state index contributed by atoms with van der Waals surface area (Å²) >= 11 is 0. The molecule has 0 amide bonds. The second-order valence-corrected chi connectivity index (χ2v) is 2.00. The molecule has 0 aromatic rings. The second kappa shape index (κ2) is 10.2. The predicted octanol–water partition coefficient (Wildman–Crippen LogP) is 4.06. The van der Waals surface area contributed by atoms with E-state index in [2.05, 4.69) is 6.58 Å². The van der Waals surface area contributed by atoms with Gasteiger partial charge in [-0.2, -0.15) is 0 Å². The lowest BCUT2D eigenvalue weighted by Gasteiger charge is -1.99. The van der Waals surface area contributed by atoms with Gasteiger partial charge in [0.05, 0.1) is 0 Å². The van der Waals surface area contributed by atoms with E-state index >= 15 is 0 Å². The Labute approximate surface area is 75.5 Å². The molecule has 1 unspecified atom stereocenters. The van der Waals surface area contributed by atoms with Crippen molar-refractivity contribution >= 4 is 0 Å². The van der Waals surface area contributed by atoms with Crippen molar-refractivity contribution in [3.05, 3.63) is 36.5 Å². The normalized spacial score (nSPS) is 13.6. The van der Waals surface area contributed by atoms with Gasteiger partial charge in [0.15, 0.2) is 0 Å². The van der Waals surface area contributed by atoms with Gasteiger partial charge in [0.2, 0.25) is 0 Å². The van der Waals surface area contributed by atoms with Crippen LogP contribution in [0.2, 0.25) is 0 Å². The third-order valence-electron chi connectivity index (χ3n) is 1.22. The molecule has 0 bridgehead atoms. The Morgan fingerprint density at radius 1 is 1.42 bits per heavy atom. The summed E-state index contributed by atoms with van der Waals surface area (Å²) in [5.41, 5.74) is 0.694. The van der Waals surface area contributed by atoms with E-state index in [0.717, 1.165) is 0 Å². The summed E-state index contributed by atoms with van der Waals surface area (Å²) in [5.74, 6) is 0. The molecular formula is C11H19F. The molecule has 0 saturated heterocycles. The van der Waals surface area contributed by atoms with Crippen LogP contribution in [-0.4, -0.2) is 6.17 Å². The molecule has 0 aliphatic carbocycles. The highest BCUT2D eigenvalue weighted by molar-refractivity contribution is 5.23. The topological polar surface area (TPSA) is 0 Å². The smallest absolute Gasteiger partial charge is 0.122 e. The molecule has 0 nitrogen and oxygen atoms in total. The largest absolute Gasteiger partial charge is 0.243 e. The first-order valence-corrected chi connectivity index (χ1v) is 4.31. The summed E-state index contributed by atoms with van der Waals surface area (Å²) < 4.78 is 12.5. The number of halogens is 1. The van der Waals surface area contributed by atoms with Crippen molar-refractivity contribution in [3.8, 4) is 0 Å². The fourth-order valence-corrected chi connectivity index (χ4v) is 0.638. The molecule has 0 aliphatic heterocycles. The lowest BCUT2D eigenvalue weighted by Crippen LogP contribution is -1.93. The highest BCUT2D eigenvalue weighted by Crippen LogP contribution is 2.06. The van der Waals surface area contributed by atoms with E-state index in [-0.39, 0.29) is 0 Å². The fourth-order valence-electron chi connectivity index (χ4n) is 0.638. The Kier molecular flexibility index (Phi) is 11.6. The summed E-state index contributed by atoms with van der Waals surface area (Å²) in [5, 5.41) is 0. The molecule has 0 aromatic heterocycles. The quantitative estimate of drug-likeness (QED) is 0.560. The van der Waals surface area contributed by atoms with Gasteiger partial charge < -0.3 is 0 Å². The Morgan fingerprint density at radius 3 is 2.17 bits per heavy atom. The summed E-state index contributed by atoms with van der Waals surface area (Å²) in [6.07, 6.45) is 5.95. The molecule has 1 heteroatoms. The van der Waals surface area contributed by atoms with Gasteiger partial charge >= 0.3 is 0 Å². The fraction of sp³-hybridized carbons (Fsp3) is 0.455. The number of allylic oxidation sites excluding steroid dienone is 5. The Hall–Kier alpha value is -0.850. The monoisotopic (exact) mass is 170 g/mol. The molecule has 0 heterocycles. The van der Waals surface area contributed by atoms with Crippen molar-refractivity contribution in [3.63, 3.8) is 0 Å². The van der Waals surface area contributed by atoms with Gasteiger partial charge in [-0.15, -0.1) is 0 Å². The average Bonchev–Trinajstić information content (AvgIpc) is 2.09. The van der Waals surface area contributed by atoms with E-state index in [1.807, 2.05) is 20.8 Å². The molecule has 0 radical (unpaired) electrons. The molecule has 70 valence electrons. The first-order chi connectivity index (χ1) is 5.72. The van der Waals surface area contributed by atoms with E-state index in [0.29, 0.717) is 5.57 Å². The van der Waals surface area contributed by atoms with Crippen molar-refractivity contribution in [1.82, 2.24) is 0 Å². The lowest BCUT2D eigenvalue weighted by atomic mass is 10.1. The third-order valence-corrected chi connectivity index (χ3v) is 1.22. The van der Waals surface area contributed by atoms with Gasteiger partial charge in [-0.3, -0.25) is 0 Å². The molecule has 0 spiro atoms. The van der Waals surface area contributed by atoms with E-state index in [4.69, 9.17) is 0 Å². The van der Waals surface area contributed by atoms with E-state index in [9.17, 15) is 4.39 Å². The van der Waals surface area contributed by atoms with Crippen molar-refractivity contribution in [2.75, 3.05) is 0 Å². The van der Waals surface area contributed by atoms with Crippen LogP contribution >= 0.6 is 0 Å². The average molecular weight is 170 g/mol. The molecule has 0 fully saturated rings. The first-order valence-electron chi connectivity index (χ1n) is 4.31. The van der Waals surface area contributed by atoms with Crippen LogP contribution in [0.4, 0.5) is 4.39 Å². The lowest BCUT2D eigenvalue weighted by molar-refractivity contribution is 0.417. The minimum absolute atomic E-state index is 0.694. The van der Waals surface area contributed by atoms with Gasteiger partial charge in [-0.1, -0.05) is 44.7 Å². The molecular weight excluding hydrogens is 151 g/mol. The standard InChI is InChI=1S/C9H13F.C2H6/c1-4-6-7-9(5-2)8(3)10;1-2/h4-8H,1H2,2-3H3;1-2H3/b7-6-,9-5+;. The van der Waals surface area contributed by atoms with Crippen LogP contribution < -0.4 is 0 Å². The Balaban J connectivity index is 0. The summed E-state index contributed by atoms with van der Waals surface area (Å²) in [6.45, 7) is 10.8. The van der Waals surface area contributed by atoms with Crippen molar-refractivity contribution in [2.24, 2.45) is 0 Å². The predicted molar refractivity (Wildman–Crippen MR) is 55.0 cm³/mol. The summed E-state index contributed by atoms with van der Waals surface area (Å²) in [6, 6.07) is 0. The first kappa shape index (κ1) is 13.7. The Bertz CT molecular complexity index is 152. The molecule has 0 rings (SSSR count). The van der Waals surface area contributed by atoms with Gasteiger partial charge in [0, 0.05) is 0 Å². The molecule has 0 aliphatic rings. The number of rotatable bonds is 3. The summed E-state index contributed by atoms with van der Waals surface area (Å²) in [7, 11) is 0. The minimum atomic E-state index is -0.888. The zero-order valence-electron chi connectivity index (χ0n) is 8.47. The minimum Gasteiger partial charge on any atom is -0.243 e. The number of hydrogen-bond donors (Lipinski definition) is 0. The van der Waals surface area contributed by atoms with Crippen LogP contribution in [-0.2, 0) is 0 Å². The number of alkyl halides is 1. The van der Waals surface area contributed by atoms with Crippen molar-refractivity contribution in [1.29, 1.82) is 0 Å². The van der Waals surface area contributed by atoms with E-state index in [1.165, 1.54) is 6.92 Å². The highest BCUT2D eigenvalue weighted by Gasteiger charge is 1.99. The maximum Gasteiger partial charge on any atom is 0.122 e. The van der Waals surface area contributed by atoms with Gasteiger partial charge in [-0.05, 0) is 19.4 Å². The maximum atomic E-state index is 12.5. The molecule has 0 N–H and O–H groups in total. The SMILES string of the molecule is C=C/C=C\C(=C/C)C(C)F.CC. The van der Waals surface area contributed by atoms with Crippen LogP contribution in [0.3, 0.4) is 0 Å². The van der Waals surface area contributed by atoms with Crippen LogP contribution in [0, 0.1) is 0 Å². The molecule has 1 atom stereocenters. The Morgan fingerprint density at radius 2 is 1.92 bits per heavy atom. The van der Waals surface area contributed by atoms with Gasteiger partial charge in [-0.25, -0.2) is 4.39 Å². The highest BCUT2D eigenvalue weighted by atomic mass is 19.1. The maximum absolute atomic E-state index is 12.5. The van der Waals surface area contributed by atoms with E-state index < -0.39 is 6.17 Å². The van der Waals surface area contributed by atoms with E-state index in [1.54, 1.807) is 24.3 Å². The summed E-state index contributed by atoms with van der Waals surface area (Å²) in [4.78, 5) is 0. The number of hydrogen-bond acceptors (Lipinski definition) is 0. The van der Waals surface area contributed by atoms with Gasteiger partial charge in [0.25, 0.3) is 0 Å². The zero-order valence-corrected chi connectivity index (χ0v) is 8.47. The molecule has 0 saturated carbocycles. The van der Waals surface area contributed by atoms with Crippen LogP contribution in [0.25, 0.3) is 0 Å². The van der Waals surface area contributed by atoms with Gasteiger partial charge in [0.1, 0.15) is 6.17 Å². The molecule has 0 aromatic carbocycles. The molecule has 12 heavy (non-hydrogen) atoms. The second-order valence-electron chi connectivity index (χ2n) is 2.00. The van der Waals surface area contributed by atoms with Crippen molar-refractivity contribution < 1.29 is 4.39 Å². The van der Waals surface area contributed by atoms with Crippen molar-refractivity contribution in [2.45, 2.75) is 33.9 Å². The van der Waals surface area contributed by atoms with Crippen LogP contribution in [0.1, 0.15) is 27.7 Å².